The van der Waals surface area contributed by atoms with Crippen molar-refractivity contribution in [2.75, 3.05) is 13.7 Å². The van der Waals surface area contributed by atoms with Gasteiger partial charge in [0, 0.05) is 13.0 Å². The van der Waals surface area contributed by atoms with Crippen molar-refractivity contribution >= 4 is 14.4 Å². The van der Waals surface area contributed by atoms with E-state index in [4.69, 9.17) is 13.9 Å². The van der Waals surface area contributed by atoms with E-state index in [1.807, 2.05) is 18.2 Å². The Morgan fingerprint density at radius 2 is 1.73 bits per heavy atom. The first-order valence-electron chi connectivity index (χ1n) is 11.0. The highest BCUT2D eigenvalue weighted by atomic mass is 28.4. The Balaban J connectivity index is 2.17. The predicted octanol–water partition coefficient (Wildman–Crippen LogP) is 6.64. The Morgan fingerprint density at radius 3 is 2.33 bits per heavy atom. The predicted molar refractivity (Wildman–Crippen MR) is 130 cm³/mol. The maximum Gasteiger partial charge on any atom is 0.192 e. The van der Waals surface area contributed by atoms with Crippen LogP contribution in [-0.4, -0.2) is 40.3 Å². The minimum atomic E-state index is -1.97. The summed E-state index contributed by atoms with van der Waals surface area (Å²) in [5.74, 6) is 0.304. The van der Waals surface area contributed by atoms with Crippen LogP contribution in [0, 0.1) is 5.92 Å². The molecule has 1 heterocycles. The van der Waals surface area contributed by atoms with E-state index < -0.39 is 8.32 Å². The van der Waals surface area contributed by atoms with Gasteiger partial charge in [-0.2, -0.15) is 0 Å². The monoisotopic (exact) mass is 428 g/mol. The van der Waals surface area contributed by atoms with E-state index in [0.717, 1.165) is 5.57 Å². The lowest BCUT2D eigenvalue weighted by Gasteiger charge is -2.47. The highest BCUT2D eigenvalue weighted by Gasteiger charge is 2.47. The van der Waals surface area contributed by atoms with Gasteiger partial charge in [-0.15, -0.1) is 0 Å². The van der Waals surface area contributed by atoms with Crippen molar-refractivity contribution in [1.29, 1.82) is 0 Å². The summed E-state index contributed by atoms with van der Waals surface area (Å²) in [4.78, 5) is 0. The second-order valence-electron chi connectivity index (χ2n) is 9.84. The van der Waals surface area contributed by atoms with Crippen LogP contribution in [0.3, 0.4) is 0 Å². The van der Waals surface area contributed by atoms with Crippen LogP contribution in [-0.2, 0) is 13.9 Å². The summed E-state index contributed by atoms with van der Waals surface area (Å²) in [5, 5.41) is 0.135. The van der Waals surface area contributed by atoms with E-state index in [1.165, 1.54) is 5.56 Å². The van der Waals surface area contributed by atoms with Gasteiger partial charge in [-0.25, -0.2) is 0 Å². The number of methoxy groups -OCH3 is 1. The SMILES string of the molecule is CO[C@@H]1[C@@H](O[Si](C)(C)C(C)(C)C)[C@H](/C(C)=C/C=C\C=C\c2ccccc2)OC[C@@H]1C. The summed E-state index contributed by atoms with van der Waals surface area (Å²) in [6.45, 7) is 16.4. The summed E-state index contributed by atoms with van der Waals surface area (Å²) in [7, 11) is -0.175. The van der Waals surface area contributed by atoms with Gasteiger partial charge in [0.15, 0.2) is 8.32 Å². The quantitative estimate of drug-likeness (QED) is 0.360. The molecule has 0 radical (unpaired) electrons. The first kappa shape index (κ1) is 24.8. The molecule has 0 N–H and O–H groups in total. The minimum absolute atomic E-state index is 0.0307. The van der Waals surface area contributed by atoms with Crippen LogP contribution < -0.4 is 0 Å². The van der Waals surface area contributed by atoms with Crippen molar-refractivity contribution in [3.05, 3.63) is 65.8 Å². The normalized spacial score (nSPS) is 26.6. The van der Waals surface area contributed by atoms with E-state index in [-0.39, 0.29) is 23.4 Å². The second kappa shape index (κ2) is 10.7. The van der Waals surface area contributed by atoms with Gasteiger partial charge in [-0.05, 0) is 36.2 Å². The molecule has 1 aromatic carbocycles. The number of benzene rings is 1. The van der Waals surface area contributed by atoms with Crippen molar-refractivity contribution in [3.8, 4) is 0 Å². The molecule has 1 aliphatic rings. The molecular weight excluding hydrogens is 388 g/mol. The van der Waals surface area contributed by atoms with Crippen LogP contribution in [0.25, 0.3) is 6.08 Å². The molecule has 2 rings (SSSR count). The molecule has 0 amide bonds. The fraction of sp³-hybridized carbons (Fsp3) is 0.538. The summed E-state index contributed by atoms with van der Waals surface area (Å²) in [5.41, 5.74) is 2.36. The Morgan fingerprint density at radius 1 is 1.07 bits per heavy atom. The molecule has 0 bridgehead atoms. The molecule has 1 fully saturated rings. The highest BCUT2D eigenvalue weighted by Crippen LogP contribution is 2.40. The zero-order chi connectivity index (χ0) is 22.4. The van der Waals surface area contributed by atoms with Crippen molar-refractivity contribution < 1.29 is 13.9 Å². The molecule has 30 heavy (non-hydrogen) atoms. The van der Waals surface area contributed by atoms with E-state index in [9.17, 15) is 0 Å². The molecule has 0 unspecified atom stereocenters. The average Bonchev–Trinajstić information content (AvgIpc) is 2.67. The lowest BCUT2D eigenvalue weighted by molar-refractivity contribution is -0.152. The number of rotatable bonds is 7. The maximum atomic E-state index is 6.85. The van der Waals surface area contributed by atoms with Gasteiger partial charge in [-0.1, -0.05) is 88.4 Å². The maximum absolute atomic E-state index is 6.85. The fourth-order valence-corrected chi connectivity index (χ4v) is 4.73. The molecular formula is C26H40O3Si. The second-order valence-corrected chi connectivity index (χ2v) is 14.6. The van der Waals surface area contributed by atoms with Gasteiger partial charge in [0.1, 0.15) is 12.2 Å². The van der Waals surface area contributed by atoms with E-state index in [1.54, 1.807) is 7.11 Å². The molecule has 166 valence electrons. The van der Waals surface area contributed by atoms with Crippen molar-refractivity contribution in [1.82, 2.24) is 0 Å². The zero-order valence-electron chi connectivity index (χ0n) is 20.0. The average molecular weight is 429 g/mol. The van der Waals surface area contributed by atoms with Crippen molar-refractivity contribution in [2.24, 2.45) is 5.92 Å². The van der Waals surface area contributed by atoms with E-state index in [0.29, 0.717) is 12.5 Å². The molecule has 4 atom stereocenters. The number of hydrogen-bond acceptors (Lipinski definition) is 3. The molecule has 0 aromatic heterocycles. The van der Waals surface area contributed by atoms with Crippen LogP contribution in [0.5, 0.6) is 0 Å². The molecule has 1 saturated heterocycles. The van der Waals surface area contributed by atoms with Crippen LogP contribution in [0.15, 0.2) is 60.2 Å². The Kier molecular flexibility index (Phi) is 8.86. The molecule has 3 nitrogen and oxygen atoms in total. The van der Waals surface area contributed by atoms with Gasteiger partial charge in [-0.3, -0.25) is 0 Å². The fourth-order valence-electron chi connectivity index (χ4n) is 3.44. The summed E-state index contributed by atoms with van der Waals surface area (Å²) in [6, 6.07) is 10.3. The van der Waals surface area contributed by atoms with Gasteiger partial charge in [0.25, 0.3) is 0 Å². The third-order valence-electron chi connectivity index (χ3n) is 6.35. The third kappa shape index (κ3) is 6.52. The van der Waals surface area contributed by atoms with Gasteiger partial charge in [0.05, 0.1) is 12.7 Å². The molecule has 0 aliphatic carbocycles. The molecule has 0 saturated carbocycles. The van der Waals surface area contributed by atoms with Crippen LogP contribution in [0.2, 0.25) is 18.1 Å². The lowest BCUT2D eigenvalue weighted by atomic mass is 9.90. The van der Waals surface area contributed by atoms with Crippen LogP contribution in [0.4, 0.5) is 0 Å². The molecule has 1 aromatic rings. The van der Waals surface area contributed by atoms with Gasteiger partial charge >= 0.3 is 0 Å². The number of ether oxygens (including phenoxy) is 2. The Hall–Kier alpha value is -1.46. The highest BCUT2D eigenvalue weighted by molar-refractivity contribution is 6.74. The first-order valence-corrected chi connectivity index (χ1v) is 13.9. The minimum Gasteiger partial charge on any atom is -0.408 e. The smallest absolute Gasteiger partial charge is 0.192 e. The molecule has 1 aliphatic heterocycles. The largest absolute Gasteiger partial charge is 0.408 e. The van der Waals surface area contributed by atoms with Crippen LogP contribution in [0.1, 0.15) is 40.2 Å². The number of hydrogen-bond donors (Lipinski definition) is 0. The molecule has 4 heteroatoms. The van der Waals surface area contributed by atoms with Crippen molar-refractivity contribution in [2.45, 2.75) is 71.1 Å². The summed E-state index contributed by atoms with van der Waals surface area (Å²) >= 11 is 0. The summed E-state index contributed by atoms with van der Waals surface area (Å²) in [6.07, 6.45) is 10.3. The topological polar surface area (TPSA) is 27.7 Å². The van der Waals surface area contributed by atoms with Gasteiger partial charge < -0.3 is 13.9 Å². The third-order valence-corrected chi connectivity index (χ3v) is 10.8. The standard InChI is InChI=1S/C26H40O3Si/c1-20(15-11-9-12-16-22-17-13-10-14-18-22)24-25(23(27-6)21(2)19-28-24)29-30(7,8)26(3,4)5/h9-18,21,23-25H,19H2,1-8H3/b11-9-,16-12+,20-15+/t21-,23-,24-,25+/m0/s1. The number of allylic oxidation sites excluding steroid dienone is 4. The first-order chi connectivity index (χ1) is 14.1. The van der Waals surface area contributed by atoms with E-state index in [2.05, 4.69) is 90.2 Å². The van der Waals surface area contributed by atoms with Crippen molar-refractivity contribution in [3.63, 3.8) is 0 Å². The summed E-state index contributed by atoms with van der Waals surface area (Å²) < 4.78 is 19.0. The van der Waals surface area contributed by atoms with Gasteiger partial charge in [0.2, 0.25) is 0 Å². The lowest BCUT2D eigenvalue weighted by Crippen LogP contribution is -2.57. The zero-order valence-corrected chi connectivity index (χ0v) is 21.0. The Bertz CT molecular complexity index is 743. The molecule has 0 spiro atoms. The Labute approximate surface area is 185 Å². The van der Waals surface area contributed by atoms with Crippen LogP contribution >= 0.6 is 0 Å². The van der Waals surface area contributed by atoms with E-state index >= 15 is 0 Å².